The van der Waals surface area contributed by atoms with Crippen LogP contribution in [0.4, 0.5) is 22.1 Å². The Hall–Kier alpha value is -5.99. The van der Waals surface area contributed by atoms with E-state index in [4.69, 9.17) is 14.5 Å². The van der Waals surface area contributed by atoms with Gasteiger partial charge in [-0.05, 0) is 78.6 Å². The van der Waals surface area contributed by atoms with E-state index in [-0.39, 0.29) is 36.9 Å². The van der Waals surface area contributed by atoms with Crippen LogP contribution in [0.25, 0.3) is 11.0 Å². The number of ether oxygens (including phenoxy) is 2. The van der Waals surface area contributed by atoms with Crippen LogP contribution in [0.1, 0.15) is 59.8 Å². The molecule has 1 saturated carbocycles. The van der Waals surface area contributed by atoms with Crippen molar-refractivity contribution in [2.75, 3.05) is 77.3 Å². The van der Waals surface area contributed by atoms with E-state index in [2.05, 4.69) is 36.8 Å². The van der Waals surface area contributed by atoms with Gasteiger partial charge in [0.1, 0.15) is 29.4 Å². The lowest BCUT2D eigenvalue weighted by Gasteiger charge is -2.35. The van der Waals surface area contributed by atoms with Gasteiger partial charge in [-0.2, -0.15) is 4.98 Å². The molecule has 308 valence electrons. The van der Waals surface area contributed by atoms with E-state index in [1.165, 1.54) is 4.90 Å². The predicted molar refractivity (Wildman–Crippen MR) is 227 cm³/mol. The van der Waals surface area contributed by atoms with E-state index in [0.717, 1.165) is 110 Å². The Morgan fingerprint density at radius 3 is 2.31 bits per heavy atom. The lowest BCUT2D eigenvalue weighted by Crippen LogP contribution is -2.52. The summed E-state index contributed by atoms with van der Waals surface area (Å²) in [6.07, 6.45) is 6.47. The minimum Gasteiger partial charge on any atom is -0.497 e. The molecule has 1 N–H and O–H groups in total. The van der Waals surface area contributed by atoms with Gasteiger partial charge in [-0.1, -0.05) is 37.1 Å². The number of hydrogen-bond donors (Lipinski definition) is 1. The van der Waals surface area contributed by atoms with Gasteiger partial charge in [0.25, 0.3) is 5.91 Å². The molecule has 0 radical (unpaired) electrons. The van der Waals surface area contributed by atoms with E-state index in [9.17, 15) is 14.4 Å². The number of imide groups is 1. The van der Waals surface area contributed by atoms with Crippen LogP contribution < -0.4 is 19.7 Å². The second kappa shape index (κ2) is 17.9. The van der Waals surface area contributed by atoms with E-state index >= 15 is 0 Å². The molecule has 1 aliphatic carbocycles. The number of hydrogen-bond acceptors (Lipinski definition) is 10. The minimum atomic E-state index is -0.291. The Labute approximate surface area is 345 Å². The average molecular weight is 800 g/mol. The van der Waals surface area contributed by atoms with Crippen molar-refractivity contribution in [2.24, 2.45) is 0 Å². The maximum absolute atomic E-state index is 13.5. The molecule has 5 aromatic rings. The number of nitrogens with one attached hydrogen (secondary N) is 1. The van der Waals surface area contributed by atoms with Crippen LogP contribution in [0.2, 0.25) is 0 Å². The molecule has 0 spiro atoms. The first-order valence-corrected chi connectivity index (χ1v) is 20.6. The third-order valence-corrected chi connectivity index (χ3v) is 11.6. The van der Waals surface area contributed by atoms with Gasteiger partial charge in [-0.15, -0.1) is 0 Å². The average Bonchev–Trinajstić information content (AvgIpc) is 3.92. The van der Waals surface area contributed by atoms with Crippen LogP contribution in [0.3, 0.4) is 0 Å². The van der Waals surface area contributed by atoms with Crippen molar-refractivity contribution in [3.05, 3.63) is 102 Å². The molecule has 3 aromatic carbocycles. The zero-order chi connectivity index (χ0) is 40.9. The Kier molecular flexibility index (Phi) is 12.1. The third kappa shape index (κ3) is 9.18. The Bertz CT molecular complexity index is 2260. The normalized spacial score (nSPS) is 16.9. The first kappa shape index (κ1) is 39.8. The van der Waals surface area contributed by atoms with Crippen LogP contribution in [0.15, 0.2) is 85.1 Å². The van der Waals surface area contributed by atoms with Gasteiger partial charge in [-0.3, -0.25) is 29.2 Å². The van der Waals surface area contributed by atoms with E-state index in [1.807, 2.05) is 66.7 Å². The number of carbonyl (C=O) groups excluding carboxylic acids is 3. The number of amides is 4. The fourth-order valence-electron chi connectivity index (χ4n) is 8.30. The summed E-state index contributed by atoms with van der Waals surface area (Å²) in [7, 11) is 5.17. The summed E-state index contributed by atoms with van der Waals surface area (Å²) in [6.45, 7) is 6.56. The number of fused-ring (bicyclic) bond motifs is 1. The highest BCUT2D eigenvalue weighted by molar-refractivity contribution is 6.05. The molecule has 2 saturated heterocycles. The van der Waals surface area contributed by atoms with Crippen molar-refractivity contribution in [3.8, 4) is 11.5 Å². The van der Waals surface area contributed by atoms with Crippen molar-refractivity contribution >= 4 is 46.2 Å². The van der Waals surface area contributed by atoms with Crippen molar-refractivity contribution < 1.29 is 23.9 Å². The van der Waals surface area contributed by atoms with Crippen molar-refractivity contribution in [2.45, 2.75) is 51.2 Å². The third-order valence-electron chi connectivity index (χ3n) is 11.6. The van der Waals surface area contributed by atoms with Gasteiger partial charge in [0.05, 0.1) is 13.7 Å². The van der Waals surface area contributed by atoms with Gasteiger partial charge in [0, 0.05) is 95.3 Å². The molecule has 14 heteroatoms. The Morgan fingerprint density at radius 2 is 1.58 bits per heavy atom. The number of anilines is 3. The number of rotatable bonds is 14. The first-order chi connectivity index (χ1) is 28.7. The van der Waals surface area contributed by atoms with Gasteiger partial charge in [0.2, 0.25) is 11.9 Å². The molecule has 2 aromatic heterocycles. The smallest absolute Gasteiger partial charge is 0.331 e. The molecule has 0 unspecified atom stereocenters. The van der Waals surface area contributed by atoms with Crippen molar-refractivity contribution in [1.82, 2.24) is 34.1 Å². The van der Waals surface area contributed by atoms with Crippen LogP contribution in [-0.4, -0.2) is 119 Å². The summed E-state index contributed by atoms with van der Waals surface area (Å²) in [5.41, 5.74) is 5.13. The van der Waals surface area contributed by atoms with Crippen LogP contribution in [-0.2, 0) is 17.9 Å². The number of piperazine rings is 1. The largest absolute Gasteiger partial charge is 0.497 e. The first-order valence-electron chi connectivity index (χ1n) is 20.6. The predicted octanol–water partition coefficient (Wildman–Crippen LogP) is 6.56. The zero-order valence-electron chi connectivity index (χ0n) is 34.2. The quantitative estimate of drug-likeness (QED) is 0.132. The number of aromatic nitrogens is 3. The summed E-state index contributed by atoms with van der Waals surface area (Å²) in [6, 6.07) is 25.3. The van der Waals surface area contributed by atoms with Gasteiger partial charge in [0.15, 0.2) is 0 Å². The minimum absolute atomic E-state index is 0.0237. The lowest BCUT2D eigenvalue weighted by molar-refractivity contribution is -0.129. The summed E-state index contributed by atoms with van der Waals surface area (Å²) < 4.78 is 13.5. The summed E-state index contributed by atoms with van der Waals surface area (Å²) in [5, 5.41) is 4.20. The number of methoxy groups -OCH3 is 1. The maximum atomic E-state index is 13.5. The maximum Gasteiger partial charge on any atom is 0.331 e. The highest BCUT2D eigenvalue weighted by Crippen LogP contribution is 2.35. The van der Waals surface area contributed by atoms with Gasteiger partial charge < -0.3 is 24.3 Å². The topological polar surface area (TPSA) is 129 Å². The number of nitrogens with zero attached hydrogens (tertiary/aromatic N) is 8. The SMILES string of the molecule is COc1ccc(CN2C(=O)CCN(c3cccc(CN4CCN(CCOc5ccc(Nc6ncc7cc(C(=O)N(C)C)n(C8CCCC8)c7n6)cc5)CC4)c3)C2=O)cc1. The summed E-state index contributed by atoms with van der Waals surface area (Å²) in [4.78, 5) is 58.4. The fourth-order valence-corrected chi connectivity index (χ4v) is 8.30. The molecular formula is C45H53N9O5. The molecule has 2 aliphatic heterocycles. The number of urea groups is 1. The molecule has 4 amide bonds. The molecule has 3 aliphatic rings. The van der Waals surface area contributed by atoms with E-state index < -0.39 is 0 Å². The summed E-state index contributed by atoms with van der Waals surface area (Å²) >= 11 is 0. The van der Waals surface area contributed by atoms with Gasteiger partial charge in [-0.25, -0.2) is 9.78 Å². The van der Waals surface area contributed by atoms with Crippen LogP contribution in [0, 0.1) is 0 Å². The molecule has 3 fully saturated rings. The molecule has 4 heterocycles. The fraction of sp³-hybridized carbons (Fsp3) is 0.400. The Balaban J connectivity index is 0.795. The number of carbonyl (C=O) groups is 3. The standard InChI is InChI=1S/C45H53N9O5/c1-49(2)43(56)40-28-34-29-46-44(48-42(34)54(40)36-8-4-5-9-36)47-35-13-17-39(18-14-35)59-26-25-50-21-23-51(24-22-50)30-33-7-6-10-37(27-33)52-20-19-41(55)53(45(52)57)31-32-11-15-38(58-3)16-12-32/h6-7,10-18,27-29,36H,4-5,8-9,19-26,30-31H2,1-3H3,(H,46,47,48). The molecule has 0 bridgehead atoms. The number of benzene rings is 3. The molecular weight excluding hydrogens is 747 g/mol. The van der Waals surface area contributed by atoms with E-state index in [0.29, 0.717) is 24.8 Å². The van der Waals surface area contributed by atoms with Crippen LogP contribution in [0.5, 0.6) is 11.5 Å². The molecule has 14 nitrogen and oxygen atoms in total. The second-order valence-corrected chi connectivity index (χ2v) is 15.8. The van der Waals surface area contributed by atoms with Crippen molar-refractivity contribution in [3.63, 3.8) is 0 Å². The lowest BCUT2D eigenvalue weighted by atomic mass is 10.1. The van der Waals surface area contributed by atoms with Crippen LogP contribution >= 0.6 is 0 Å². The van der Waals surface area contributed by atoms with Gasteiger partial charge >= 0.3 is 6.03 Å². The molecule has 59 heavy (non-hydrogen) atoms. The Morgan fingerprint density at radius 1 is 0.847 bits per heavy atom. The monoisotopic (exact) mass is 799 g/mol. The highest BCUT2D eigenvalue weighted by atomic mass is 16.5. The highest BCUT2D eigenvalue weighted by Gasteiger charge is 2.33. The van der Waals surface area contributed by atoms with Crippen molar-refractivity contribution in [1.29, 1.82) is 0 Å². The summed E-state index contributed by atoms with van der Waals surface area (Å²) in [5.74, 6) is 1.84. The second-order valence-electron chi connectivity index (χ2n) is 15.8. The zero-order valence-corrected chi connectivity index (χ0v) is 34.2. The van der Waals surface area contributed by atoms with E-state index in [1.54, 1.807) is 37.2 Å². The molecule has 8 rings (SSSR count). The molecule has 0 atom stereocenters.